The zero-order valence-electron chi connectivity index (χ0n) is 19.8. The second kappa shape index (κ2) is 10.8. The van der Waals surface area contributed by atoms with Crippen LogP contribution in [-0.4, -0.2) is 42.0 Å². The second-order valence-corrected chi connectivity index (χ2v) is 9.76. The predicted octanol–water partition coefficient (Wildman–Crippen LogP) is 5.85. The van der Waals surface area contributed by atoms with Gasteiger partial charge in [0, 0.05) is 42.8 Å². The van der Waals surface area contributed by atoms with Crippen LogP contribution in [0.15, 0.2) is 72.9 Å². The molecule has 1 aliphatic heterocycles. The van der Waals surface area contributed by atoms with Crippen LogP contribution in [0.1, 0.15) is 46.8 Å². The maximum atomic E-state index is 13.5. The van der Waals surface area contributed by atoms with E-state index in [4.69, 9.17) is 11.6 Å². The van der Waals surface area contributed by atoms with Crippen molar-refractivity contribution in [3.63, 3.8) is 0 Å². The highest BCUT2D eigenvalue weighted by Gasteiger charge is 2.36. The SMILES string of the molecule is CC(F)(F)c1ccc(CCN2CCC(CNC(=O)c3ccnc(Cl)c3)(c3ccccc3)CC2)cc1. The number of benzene rings is 2. The normalized spacial score (nSPS) is 16.1. The van der Waals surface area contributed by atoms with Gasteiger partial charge >= 0.3 is 0 Å². The molecule has 35 heavy (non-hydrogen) atoms. The Bertz CT molecular complexity index is 1120. The minimum absolute atomic E-state index is 0.0444. The van der Waals surface area contributed by atoms with Gasteiger partial charge in [0.2, 0.25) is 0 Å². The number of piperidine rings is 1. The molecule has 1 amide bonds. The van der Waals surface area contributed by atoms with Crippen LogP contribution in [0.5, 0.6) is 0 Å². The summed E-state index contributed by atoms with van der Waals surface area (Å²) in [6, 6.07) is 20.2. The first-order chi connectivity index (χ1) is 16.7. The zero-order valence-corrected chi connectivity index (χ0v) is 20.6. The van der Waals surface area contributed by atoms with E-state index in [9.17, 15) is 13.6 Å². The predicted molar refractivity (Wildman–Crippen MR) is 135 cm³/mol. The number of carbonyl (C=O) groups excluding carboxylic acids is 1. The van der Waals surface area contributed by atoms with Crippen LogP contribution in [0, 0.1) is 0 Å². The molecule has 1 N–H and O–H groups in total. The number of pyridine rings is 1. The fraction of sp³-hybridized carbons (Fsp3) is 0.357. The molecule has 0 atom stereocenters. The molecule has 0 bridgehead atoms. The van der Waals surface area contributed by atoms with E-state index in [0.29, 0.717) is 17.3 Å². The molecular formula is C28H30ClF2N3O. The van der Waals surface area contributed by atoms with E-state index in [1.54, 1.807) is 24.3 Å². The van der Waals surface area contributed by atoms with Crippen molar-refractivity contribution >= 4 is 17.5 Å². The molecule has 1 aliphatic rings. The van der Waals surface area contributed by atoms with E-state index in [-0.39, 0.29) is 16.9 Å². The highest BCUT2D eigenvalue weighted by molar-refractivity contribution is 6.29. The standard InChI is InChI=1S/C28H30ClF2N3O/c1-27(30,31)23-9-7-21(8-10-23)12-16-34-17-13-28(14-18-34,24-5-3-2-4-6-24)20-33-26(35)22-11-15-32-25(29)19-22/h2-11,15,19H,12-14,16-18,20H2,1H3,(H,33,35). The van der Waals surface area contributed by atoms with E-state index < -0.39 is 5.92 Å². The lowest BCUT2D eigenvalue weighted by atomic mass is 9.72. The van der Waals surface area contributed by atoms with Crippen LogP contribution in [0.2, 0.25) is 5.15 Å². The average Bonchev–Trinajstić information content (AvgIpc) is 2.87. The van der Waals surface area contributed by atoms with Gasteiger partial charge < -0.3 is 10.2 Å². The number of nitrogens with one attached hydrogen (secondary N) is 1. The van der Waals surface area contributed by atoms with Gasteiger partial charge in [0.1, 0.15) is 5.15 Å². The summed E-state index contributed by atoms with van der Waals surface area (Å²) < 4.78 is 26.9. The Morgan fingerprint density at radius 1 is 1.09 bits per heavy atom. The molecule has 1 fully saturated rings. The molecule has 1 saturated heterocycles. The Hall–Kier alpha value is -2.83. The molecule has 4 rings (SSSR count). The molecule has 0 spiro atoms. The van der Waals surface area contributed by atoms with Gasteiger partial charge in [0.15, 0.2) is 0 Å². The van der Waals surface area contributed by atoms with Gasteiger partial charge in [-0.15, -0.1) is 0 Å². The quantitative estimate of drug-likeness (QED) is 0.397. The largest absolute Gasteiger partial charge is 0.351 e. The highest BCUT2D eigenvalue weighted by atomic mass is 35.5. The number of alkyl halides is 2. The highest BCUT2D eigenvalue weighted by Crippen LogP contribution is 2.35. The van der Waals surface area contributed by atoms with Crippen molar-refractivity contribution in [2.24, 2.45) is 0 Å². The summed E-state index contributed by atoms with van der Waals surface area (Å²) in [5.41, 5.74) is 2.67. The van der Waals surface area contributed by atoms with Crippen LogP contribution < -0.4 is 5.32 Å². The third kappa shape index (κ3) is 6.44. The van der Waals surface area contributed by atoms with Gasteiger partial charge in [-0.1, -0.05) is 66.2 Å². The molecule has 2 heterocycles. The monoisotopic (exact) mass is 497 g/mol. The Balaban J connectivity index is 1.38. The smallest absolute Gasteiger partial charge is 0.270 e. The molecular weight excluding hydrogens is 468 g/mol. The van der Waals surface area contributed by atoms with Crippen LogP contribution in [0.3, 0.4) is 0 Å². The van der Waals surface area contributed by atoms with Crippen molar-refractivity contribution in [3.05, 3.63) is 100 Å². The van der Waals surface area contributed by atoms with Gasteiger partial charge in [-0.05, 0) is 55.6 Å². The molecule has 3 aromatic rings. The number of amides is 1. The first-order valence-electron chi connectivity index (χ1n) is 11.9. The fourth-order valence-corrected chi connectivity index (χ4v) is 4.88. The number of carbonyl (C=O) groups is 1. The fourth-order valence-electron chi connectivity index (χ4n) is 4.71. The number of hydrogen-bond donors (Lipinski definition) is 1. The molecule has 4 nitrogen and oxygen atoms in total. The first kappa shape index (κ1) is 25.3. The summed E-state index contributed by atoms with van der Waals surface area (Å²) in [5.74, 6) is -2.97. The molecule has 7 heteroatoms. The Kier molecular flexibility index (Phi) is 7.82. The first-order valence-corrected chi connectivity index (χ1v) is 12.3. The summed E-state index contributed by atoms with van der Waals surface area (Å²) in [6.45, 7) is 4.13. The molecule has 184 valence electrons. The molecule has 0 radical (unpaired) electrons. The third-order valence-electron chi connectivity index (χ3n) is 6.95. The number of likely N-dealkylation sites (tertiary alicyclic amines) is 1. The van der Waals surface area contributed by atoms with Crippen molar-refractivity contribution in [3.8, 4) is 0 Å². The van der Waals surface area contributed by atoms with Gasteiger partial charge in [-0.25, -0.2) is 13.8 Å². The lowest BCUT2D eigenvalue weighted by Gasteiger charge is -2.42. The summed E-state index contributed by atoms with van der Waals surface area (Å²) in [6.07, 6.45) is 4.17. The van der Waals surface area contributed by atoms with Crippen LogP contribution in [-0.2, 0) is 17.8 Å². The molecule has 0 saturated carbocycles. The Morgan fingerprint density at radius 3 is 2.40 bits per heavy atom. The van der Waals surface area contributed by atoms with Gasteiger partial charge in [0.05, 0.1) is 0 Å². The topological polar surface area (TPSA) is 45.2 Å². The van der Waals surface area contributed by atoms with Crippen LogP contribution in [0.25, 0.3) is 0 Å². The average molecular weight is 498 g/mol. The van der Waals surface area contributed by atoms with Crippen molar-refractivity contribution in [2.75, 3.05) is 26.2 Å². The maximum Gasteiger partial charge on any atom is 0.270 e. The van der Waals surface area contributed by atoms with Crippen LogP contribution >= 0.6 is 11.6 Å². The number of aromatic nitrogens is 1. The molecule has 0 aliphatic carbocycles. The molecule has 1 aromatic heterocycles. The number of rotatable bonds is 8. The summed E-state index contributed by atoms with van der Waals surface area (Å²) in [7, 11) is 0. The summed E-state index contributed by atoms with van der Waals surface area (Å²) in [4.78, 5) is 19.1. The van der Waals surface area contributed by atoms with Gasteiger partial charge in [-0.3, -0.25) is 4.79 Å². The third-order valence-corrected chi connectivity index (χ3v) is 7.16. The zero-order chi connectivity index (χ0) is 24.9. The van der Waals surface area contributed by atoms with E-state index in [1.807, 2.05) is 18.2 Å². The number of hydrogen-bond acceptors (Lipinski definition) is 3. The lowest BCUT2D eigenvalue weighted by molar-refractivity contribution is 0.0174. The Labute approximate surface area is 210 Å². The van der Waals surface area contributed by atoms with Crippen molar-refractivity contribution in [1.82, 2.24) is 15.2 Å². The van der Waals surface area contributed by atoms with Crippen molar-refractivity contribution in [2.45, 2.75) is 37.5 Å². The maximum absolute atomic E-state index is 13.5. The van der Waals surface area contributed by atoms with Gasteiger partial charge in [-0.2, -0.15) is 0 Å². The summed E-state index contributed by atoms with van der Waals surface area (Å²) in [5, 5.41) is 3.41. The molecule has 2 aromatic carbocycles. The summed E-state index contributed by atoms with van der Waals surface area (Å²) >= 11 is 5.95. The minimum atomic E-state index is -2.81. The number of halogens is 3. The molecule has 0 unspecified atom stereocenters. The van der Waals surface area contributed by atoms with Gasteiger partial charge in [0.25, 0.3) is 11.8 Å². The van der Waals surface area contributed by atoms with Crippen molar-refractivity contribution < 1.29 is 13.6 Å². The second-order valence-electron chi connectivity index (χ2n) is 9.37. The lowest BCUT2D eigenvalue weighted by Crippen LogP contribution is -2.49. The van der Waals surface area contributed by atoms with Crippen molar-refractivity contribution in [1.29, 1.82) is 0 Å². The Morgan fingerprint density at radius 2 is 1.77 bits per heavy atom. The van der Waals surface area contributed by atoms with Crippen LogP contribution in [0.4, 0.5) is 8.78 Å². The van der Waals surface area contributed by atoms with E-state index >= 15 is 0 Å². The van der Waals surface area contributed by atoms with E-state index in [0.717, 1.165) is 51.4 Å². The minimum Gasteiger partial charge on any atom is -0.351 e. The van der Waals surface area contributed by atoms with E-state index in [2.05, 4.69) is 27.3 Å². The number of nitrogens with zero attached hydrogens (tertiary/aromatic N) is 2. The van der Waals surface area contributed by atoms with E-state index in [1.165, 1.54) is 23.9 Å².